The van der Waals surface area contributed by atoms with Crippen molar-refractivity contribution in [2.24, 2.45) is 0 Å². The lowest BCUT2D eigenvalue weighted by Gasteiger charge is -1.97. The number of hydrogen-bond acceptors (Lipinski definition) is 3. The molecule has 0 bridgehead atoms. The minimum absolute atomic E-state index is 1.17. The average Bonchev–Trinajstić information content (AvgIpc) is 2.38. The average molecular weight is 339 g/mol. The van der Waals surface area contributed by atoms with Gasteiger partial charge >= 0.3 is 16.5 Å². The fourth-order valence-electron chi connectivity index (χ4n) is 1.48. The fourth-order valence-corrected chi connectivity index (χ4v) is 1.48. The highest BCUT2D eigenvalue weighted by Gasteiger charge is 1.96. The maximum atomic E-state index is 8.70. The molecule has 1 rings (SSSR count). The number of nitrogens with zero attached hydrogens (tertiary/aromatic N) is 1. The van der Waals surface area contributed by atoms with Crippen molar-refractivity contribution < 1.29 is 33.3 Å². The van der Waals surface area contributed by atoms with Gasteiger partial charge in [-0.05, 0) is 11.0 Å². The normalized spacial score (nSPS) is 9.67. The summed E-state index contributed by atoms with van der Waals surface area (Å²) in [6.45, 7) is 3.43. The minimum atomic E-state index is -3.12. The molecule has 0 fully saturated rings. The molecule has 0 spiro atoms. The van der Waals surface area contributed by atoms with Gasteiger partial charge in [0, 0.05) is 23.1 Å². The highest BCUT2D eigenvalue weighted by molar-refractivity contribution is 7.30. The van der Waals surface area contributed by atoms with Crippen LogP contribution in [0.15, 0.2) is 30.6 Å². The zero-order valence-electron chi connectivity index (χ0n) is 12.0. The number of aryl methyl sites for hydroxylation is 1. The van der Waals surface area contributed by atoms with Crippen LogP contribution < -0.4 is 9.46 Å². The molecule has 1 unspecified atom stereocenters. The summed E-state index contributed by atoms with van der Waals surface area (Å²) in [4.78, 5) is 29.8. The summed E-state index contributed by atoms with van der Waals surface area (Å²) in [5, 5.41) is 0. The van der Waals surface area contributed by atoms with E-state index < -0.39 is 16.5 Å². The van der Waals surface area contributed by atoms with E-state index in [9.17, 15) is 0 Å². The van der Waals surface area contributed by atoms with Gasteiger partial charge in [0.15, 0.2) is 12.4 Å². The van der Waals surface area contributed by atoms with Crippen LogP contribution in [0.5, 0.6) is 0 Å². The second-order valence-corrected chi connectivity index (χ2v) is 5.00. The van der Waals surface area contributed by atoms with Gasteiger partial charge in [0.1, 0.15) is 6.54 Å². The van der Waals surface area contributed by atoms with Crippen molar-refractivity contribution in [3.63, 3.8) is 0 Å². The summed E-state index contributed by atoms with van der Waals surface area (Å²) in [7, 11) is -5.99. The number of hydrogen-bond donors (Lipinski definition) is 3. The van der Waals surface area contributed by atoms with Gasteiger partial charge in [0.25, 0.3) is 0 Å². The van der Waals surface area contributed by atoms with Gasteiger partial charge in [-0.3, -0.25) is 0 Å². The van der Waals surface area contributed by atoms with Crippen LogP contribution in [0, 0.1) is 0 Å². The van der Waals surface area contributed by atoms with Gasteiger partial charge in [-0.2, -0.15) is 4.89 Å². The van der Waals surface area contributed by atoms with Crippen molar-refractivity contribution in [2.45, 2.75) is 45.6 Å². The molecule has 1 heterocycles. The highest BCUT2D eigenvalue weighted by Crippen LogP contribution is 2.01. The second-order valence-electron chi connectivity index (χ2n) is 4.02. The minimum Gasteiger partial charge on any atom is -0.567 e. The van der Waals surface area contributed by atoms with Crippen molar-refractivity contribution in [3.05, 3.63) is 30.6 Å². The summed E-state index contributed by atoms with van der Waals surface area (Å²) in [6.07, 6.45) is 11.1. The largest absolute Gasteiger partial charge is 0.692 e. The molecule has 0 saturated heterocycles. The molecule has 1 atom stereocenters. The third kappa shape index (κ3) is 28.2. The molecular weight excluding hydrogens is 316 g/mol. The summed E-state index contributed by atoms with van der Waals surface area (Å²) < 4.78 is 19.6. The zero-order valence-corrected chi connectivity index (χ0v) is 13.8. The Labute approximate surface area is 126 Å². The molecule has 0 aliphatic carbocycles. The standard InChI is InChI=1S/C12H20N.2HO3P/c1-2-3-4-5-7-10-13-11-8-6-9-12-13;2*1-4(2)3/h6,8-9,11-12H,2-5,7,10H2,1H3;(H-,1,2,3);(H,1,2,3)/q+1;;/p+1. The molecule has 120 valence electrons. The Kier molecular flexibility index (Phi) is 18.4. The topological polar surface area (TPSA) is 122 Å². The molecule has 0 aliphatic rings. The van der Waals surface area contributed by atoms with Crippen molar-refractivity contribution >= 4 is 16.5 Å². The van der Waals surface area contributed by atoms with Crippen molar-refractivity contribution in [1.29, 1.82) is 0 Å². The maximum Gasteiger partial charge on any atom is 0.692 e. The Bertz CT molecular complexity index is 357. The lowest BCUT2D eigenvalue weighted by atomic mass is 10.1. The molecule has 3 N–H and O–H groups in total. The highest BCUT2D eigenvalue weighted by atomic mass is 31.1. The Balaban J connectivity index is 0. The smallest absolute Gasteiger partial charge is 0.567 e. The van der Waals surface area contributed by atoms with Gasteiger partial charge in [-0.1, -0.05) is 32.3 Å². The first kappa shape index (κ1) is 22.5. The van der Waals surface area contributed by atoms with Gasteiger partial charge in [0.05, 0.1) is 0 Å². The van der Waals surface area contributed by atoms with Crippen LogP contribution in [0.4, 0.5) is 0 Å². The van der Waals surface area contributed by atoms with Crippen LogP contribution in [0.25, 0.3) is 0 Å². The fraction of sp³-hybridized carbons (Fsp3) is 0.583. The van der Waals surface area contributed by atoms with Gasteiger partial charge in [-0.15, -0.1) is 9.79 Å². The van der Waals surface area contributed by atoms with E-state index in [1.165, 1.54) is 38.6 Å². The van der Waals surface area contributed by atoms with Crippen LogP contribution in [-0.4, -0.2) is 14.7 Å². The Morgan fingerprint density at radius 3 is 1.81 bits per heavy atom. The second kappa shape index (κ2) is 17.2. The molecular formula is C12H23NO6P2+2. The van der Waals surface area contributed by atoms with Crippen LogP contribution in [-0.2, 0) is 15.7 Å². The van der Waals surface area contributed by atoms with Gasteiger partial charge in [-0.25, -0.2) is 4.57 Å². The lowest BCUT2D eigenvalue weighted by Crippen LogP contribution is -2.32. The van der Waals surface area contributed by atoms with E-state index in [2.05, 4.69) is 42.1 Å². The quantitative estimate of drug-likeness (QED) is 0.411. The molecule has 1 aromatic rings. The van der Waals surface area contributed by atoms with E-state index in [0.29, 0.717) is 0 Å². The molecule has 7 nitrogen and oxygen atoms in total. The number of unbranched alkanes of at least 4 members (excludes halogenated alkanes) is 4. The van der Waals surface area contributed by atoms with E-state index in [0.717, 1.165) is 0 Å². The molecule has 21 heavy (non-hydrogen) atoms. The molecule has 9 heteroatoms. The Morgan fingerprint density at radius 1 is 0.952 bits per heavy atom. The SMILES string of the molecule is CCCCCCC[n+]1ccccc1.O=[P+](O)O.O=[P+]([O-])O. The van der Waals surface area contributed by atoms with Gasteiger partial charge < -0.3 is 4.89 Å². The summed E-state index contributed by atoms with van der Waals surface area (Å²) in [6, 6.07) is 6.24. The first-order valence-electron chi connectivity index (χ1n) is 6.52. The summed E-state index contributed by atoms with van der Waals surface area (Å²) in [5.41, 5.74) is 0. The van der Waals surface area contributed by atoms with Crippen LogP contribution in [0.1, 0.15) is 39.0 Å². The maximum absolute atomic E-state index is 8.70. The van der Waals surface area contributed by atoms with Gasteiger partial charge in [0.2, 0.25) is 0 Å². The molecule has 0 aromatic carbocycles. The molecule has 0 saturated carbocycles. The van der Waals surface area contributed by atoms with Crippen molar-refractivity contribution in [2.75, 3.05) is 0 Å². The van der Waals surface area contributed by atoms with E-state index >= 15 is 0 Å². The first-order valence-corrected chi connectivity index (χ1v) is 8.82. The van der Waals surface area contributed by atoms with E-state index in [1.807, 2.05) is 0 Å². The monoisotopic (exact) mass is 339 g/mol. The van der Waals surface area contributed by atoms with E-state index in [-0.39, 0.29) is 0 Å². The zero-order chi connectivity index (χ0) is 16.5. The molecule has 1 aromatic heterocycles. The van der Waals surface area contributed by atoms with Crippen LogP contribution in [0.2, 0.25) is 0 Å². The molecule has 0 amide bonds. The first-order chi connectivity index (χ1) is 9.90. The number of aromatic nitrogens is 1. The Morgan fingerprint density at radius 2 is 1.38 bits per heavy atom. The molecule has 0 aliphatic heterocycles. The third-order valence-corrected chi connectivity index (χ3v) is 2.30. The Hall–Kier alpha value is -0.810. The van der Waals surface area contributed by atoms with E-state index in [4.69, 9.17) is 28.7 Å². The van der Waals surface area contributed by atoms with Crippen LogP contribution >= 0.6 is 16.5 Å². The summed E-state index contributed by atoms with van der Waals surface area (Å²) >= 11 is 0. The summed E-state index contributed by atoms with van der Waals surface area (Å²) in [5.74, 6) is 0. The predicted molar refractivity (Wildman–Crippen MR) is 77.3 cm³/mol. The van der Waals surface area contributed by atoms with Crippen molar-refractivity contribution in [1.82, 2.24) is 0 Å². The van der Waals surface area contributed by atoms with E-state index in [1.54, 1.807) is 0 Å². The van der Waals surface area contributed by atoms with Crippen LogP contribution in [0.3, 0.4) is 0 Å². The number of pyridine rings is 1. The lowest BCUT2D eigenvalue weighted by molar-refractivity contribution is -0.697. The number of rotatable bonds is 6. The van der Waals surface area contributed by atoms with Crippen molar-refractivity contribution in [3.8, 4) is 0 Å². The molecule has 0 radical (unpaired) electrons. The third-order valence-electron chi connectivity index (χ3n) is 2.30. The predicted octanol–water partition coefficient (Wildman–Crippen LogP) is 1.57.